The Hall–Kier alpha value is -2.45. The second-order valence-corrected chi connectivity index (χ2v) is 8.48. The van der Waals surface area contributed by atoms with Gasteiger partial charge in [0.25, 0.3) is 0 Å². The molecule has 160 valence electrons. The third kappa shape index (κ3) is 3.18. The monoisotopic (exact) mass is 413 g/mol. The Bertz CT molecular complexity index is 838. The van der Waals surface area contributed by atoms with Gasteiger partial charge in [-0.25, -0.2) is 0 Å². The molecular formula is C22H27N3O5. The molecule has 4 atom stereocenters. The van der Waals surface area contributed by atoms with Gasteiger partial charge in [0.1, 0.15) is 17.5 Å². The summed E-state index contributed by atoms with van der Waals surface area (Å²) in [6.45, 7) is 2.74. The van der Waals surface area contributed by atoms with Gasteiger partial charge in [-0.15, -0.1) is 0 Å². The second kappa shape index (κ2) is 7.67. The van der Waals surface area contributed by atoms with Crippen molar-refractivity contribution in [1.29, 1.82) is 0 Å². The van der Waals surface area contributed by atoms with Crippen molar-refractivity contribution in [3.63, 3.8) is 0 Å². The van der Waals surface area contributed by atoms with E-state index < -0.39 is 17.4 Å². The Morgan fingerprint density at radius 2 is 2.20 bits per heavy atom. The predicted molar refractivity (Wildman–Crippen MR) is 107 cm³/mol. The number of carbonyl (C=O) groups is 2. The number of rotatable bonds is 6. The lowest BCUT2D eigenvalue weighted by Gasteiger charge is -2.35. The van der Waals surface area contributed by atoms with Crippen LogP contribution in [-0.2, 0) is 19.1 Å². The molecule has 2 bridgehead atoms. The minimum absolute atomic E-state index is 0.00652. The fourth-order valence-electron chi connectivity index (χ4n) is 5.27. The van der Waals surface area contributed by atoms with E-state index in [1.54, 1.807) is 24.4 Å². The standard InChI is InChI=1S/C22H27N3O5/c1-28-12-11-25-14-22-7-4-17(30-22)18(19(22)21(25)27)20(26)24-9-5-15(6-10-24)29-16-3-2-8-23-13-16/h2-4,7-8,13,15,17-19H,5-6,9-12,14H2,1H3/t17-,18-,19-,22-/m1/s1. The van der Waals surface area contributed by atoms with Crippen LogP contribution >= 0.6 is 0 Å². The Morgan fingerprint density at radius 3 is 2.93 bits per heavy atom. The molecule has 3 saturated heterocycles. The molecule has 8 heteroatoms. The highest BCUT2D eigenvalue weighted by molar-refractivity contribution is 5.93. The van der Waals surface area contributed by atoms with E-state index in [0.717, 1.165) is 18.6 Å². The van der Waals surface area contributed by atoms with Crippen LogP contribution in [0.15, 0.2) is 36.7 Å². The number of pyridine rings is 1. The lowest BCUT2D eigenvalue weighted by molar-refractivity contribution is -0.144. The number of amides is 2. The third-order valence-corrected chi connectivity index (χ3v) is 6.72. The Labute approximate surface area is 175 Å². The first-order valence-electron chi connectivity index (χ1n) is 10.6. The van der Waals surface area contributed by atoms with Crippen molar-refractivity contribution in [3.05, 3.63) is 36.7 Å². The molecule has 3 fully saturated rings. The van der Waals surface area contributed by atoms with Crippen LogP contribution in [0.1, 0.15) is 12.8 Å². The summed E-state index contributed by atoms with van der Waals surface area (Å²) in [7, 11) is 1.62. The smallest absolute Gasteiger partial charge is 0.230 e. The molecule has 0 saturated carbocycles. The average Bonchev–Trinajstić information content (AvgIpc) is 3.41. The van der Waals surface area contributed by atoms with Crippen molar-refractivity contribution in [3.8, 4) is 5.75 Å². The predicted octanol–water partition coefficient (Wildman–Crippen LogP) is 0.880. The van der Waals surface area contributed by atoms with Gasteiger partial charge in [-0.2, -0.15) is 0 Å². The van der Waals surface area contributed by atoms with Crippen molar-refractivity contribution in [2.75, 3.05) is 39.9 Å². The summed E-state index contributed by atoms with van der Waals surface area (Å²) in [5.74, 6) is -0.0827. The van der Waals surface area contributed by atoms with Gasteiger partial charge in [0.2, 0.25) is 11.8 Å². The van der Waals surface area contributed by atoms with Crippen molar-refractivity contribution < 1.29 is 23.8 Å². The molecular weight excluding hydrogens is 386 g/mol. The highest BCUT2D eigenvalue weighted by Crippen LogP contribution is 2.52. The summed E-state index contributed by atoms with van der Waals surface area (Å²) in [5, 5.41) is 0. The van der Waals surface area contributed by atoms with E-state index in [9.17, 15) is 9.59 Å². The molecule has 2 amide bonds. The van der Waals surface area contributed by atoms with Gasteiger partial charge in [0, 0.05) is 45.8 Å². The van der Waals surface area contributed by atoms with Gasteiger partial charge in [0.15, 0.2) is 0 Å². The lowest BCUT2D eigenvalue weighted by Crippen LogP contribution is -2.49. The molecule has 0 aliphatic carbocycles. The molecule has 1 aromatic heterocycles. The lowest BCUT2D eigenvalue weighted by atomic mass is 9.76. The number of carbonyl (C=O) groups excluding carboxylic acids is 2. The maximum atomic E-state index is 13.4. The minimum atomic E-state index is -0.655. The maximum absolute atomic E-state index is 13.4. The molecule has 1 spiro atoms. The number of likely N-dealkylation sites (tertiary alicyclic amines) is 2. The third-order valence-electron chi connectivity index (χ3n) is 6.72. The van der Waals surface area contributed by atoms with Crippen LogP contribution in [0.5, 0.6) is 5.75 Å². The topological polar surface area (TPSA) is 81.2 Å². The van der Waals surface area contributed by atoms with Crippen LogP contribution in [0.3, 0.4) is 0 Å². The zero-order chi connectivity index (χ0) is 20.7. The van der Waals surface area contributed by atoms with Crippen LogP contribution in [0.2, 0.25) is 0 Å². The summed E-state index contributed by atoms with van der Waals surface area (Å²) in [4.78, 5) is 34.2. The molecule has 8 nitrogen and oxygen atoms in total. The van der Waals surface area contributed by atoms with Crippen LogP contribution in [0.25, 0.3) is 0 Å². The summed E-state index contributed by atoms with van der Waals surface area (Å²) in [5.41, 5.74) is -0.655. The first-order chi connectivity index (χ1) is 14.6. The van der Waals surface area contributed by atoms with Gasteiger partial charge in [-0.05, 0) is 12.1 Å². The van der Waals surface area contributed by atoms with E-state index in [4.69, 9.17) is 14.2 Å². The van der Waals surface area contributed by atoms with Crippen molar-refractivity contribution in [1.82, 2.24) is 14.8 Å². The van der Waals surface area contributed by atoms with Gasteiger partial charge in [-0.3, -0.25) is 14.6 Å². The molecule has 5 rings (SSSR count). The largest absolute Gasteiger partial charge is 0.489 e. The summed E-state index contributed by atoms with van der Waals surface area (Å²) < 4.78 is 17.3. The minimum Gasteiger partial charge on any atom is -0.489 e. The average molecular weight is 413 g/mol. The summed E-state index contributed by atoms with van der Waals surface area (Å²) in [6, 6.07) is 3.74. The molecule has 0 unspecified atom stereocenters. The number of nitrogens with zero attached hydrogens (tertiary/aromatic N) is 3. The highest BCUT2D eigenvalue weighted by atomic mass is 16.5. The number of ether oxygens (including phenoxy) is 3. The van der Waals surface area contributed by atoms with Gasteiger partial charge < -0.3 is 24.0 Å². The molecule has 0 radical (unpaired) electrons. The number of hydrogen-bond acceptors (Lipinski definition) is 6. The van der Waals surface area contributed by atoms with E-state index in [0.29, 0.717) is 32.8 Å². The number of aromatic nitrogens is 1. The van der Waals surface area contributed by atoms with Crippen molar-refractivity contribution in [2.24, 2.45) is 11.8 Å². The maximum Gasteiger partial charge on any atom is 0.230 e. The zero-order valence-electron chi connectivity index (χ0n) is 17.1. The van der Waals surface area contributed by atoms with Crippen molar-refractivity contribution >= 4 is 11.8 Å². The molecule has 4 aliphatic heterocycles. The molecule has 0 N–H and O–H groups in total. The van der Waals surface area contributed by atoms with Crippen LogP contribution in [0.4, 0.5) is 0 Å². The van der Waals surface area contributed by atoms with Crippen LogP contribution in [0, 0.1) is 11.8 Å². The first-order valence-corrected chi connectivity index (χ1v) is 10.6. The highest BCUT2D eigenvalue weighted by Gasteiger charge is 2.67. The molecule has 1 aromatic rings. The van der Waals surface area contributed by atoms with Crippen LogP contribution in [-0.4, -0.2) is 84.3 Å². The van der Waals surface area contributed by atoms with Crippen LogP contribution < -0.4 is 4.74 Å². The Balaban J connectivity index is 1.24. The van der Waals surface area contributed by atoms with E-state index in [1.807, 2.05) is 29.2 Å². The summed E-state index contributed by atoms with van der Waals surface area (Å²) in [6.07, 6.45) is 8.66. The molecule has 4 aliphatic rings. The number of piperidine rings is 1. The van der Waals surface area contributed by atoms with E-state index in [1.165, 1.54) is 0 Å². The van der Waals surface area contributed by atoms with E-state index >= 15 is 0 Å². The Kier molecular flexibility index (Phi) is 4.99. The van der Waals surface area contributed by atoms with Gasteiger partial charge in [-0.1, -0.05) is 12.2 Å². The SMILES string of the molecule is COCCN1C[C@@]23C=C[C@@H](O2)[C@@H](C(=O)N2CCC(Oc4cccnc4)CC2)[C@@H]3C1=O. The zero-order valence-corrected chi connectivity index (χ0v) is 17.1. The molecule has 5 heterocycles. The van der Waals surface area contributed by atoms with E-state index in [-0.39, 0.29) is 24.0 Å². The van der Waals surface area contributed by atoms with E-state index in [2.05, 4.69) is 4.98 Å². The summed E-state index contributed by atoms with van der Waals surface area (Å²) >= 11 is 0. The fourth-order valence-corrected chi connectivity index (χ4v) is 5.27. The quantitative estimate of drug-likeness (QED) is 0.644. The number of fused-ring (bicyclic) bond motifs is 1. The Morgan fingerprint density at radius 1 is 1.37 bits per heavy atom. The fraction of sp³-hybridized carbons (Fsp3) is 0.591. The number of methoxy groups -OCH3 is 1. The molecule has 30 heavy (non-hydrogen) atoms. The number of hydrogen-bond donors (Lipinski definition) is 0. The van der Waals surface area contributed by atoms with Gasteiger partial charge >= 0.3 is 0 Å². The van der Waals surface area contributed by atoms with Gasteiger partial charge in [0.05, 0.1) is 37.3 Å². The first kappa shape index (κ1) is 19.5. The molecule has 0 aromatic carbocycles. The van der Waals surface area contributed by atoms with Crippen molar-refractivity contribution in [2.45, 2.75) is 30.7 Å². The normalized spacial score (nSPS) is 32.7. The second-order valence-electron chi connectivity index (χ2n) is 8.48.